The van der Waals surface area contributed by atoms with Gasteiger partial charge in [-0.25, -0.2) is 4.98 Å². The van der Waals surface area contributed by atoms with Crippen LogP contribution in [0.4, 0.5) is 11.5 Å². The molecule has 1 aromatic carbocycles. The highest BCUT2D eigenvalue weighted by Gasteiger charge is 2.24. The molecule has 1 unspecified atom stereocenters. The molecule has 98 valence electrons. The molecule has 0 amide bonds. The van der Waals surface area contributed by atoms with E-state index in [1.807, 2.05) is 6.07 Å². The minimum Gasteiger partial charge on any atom is -0.399 e. The van der Waals surface area contributed by atoms with Gasteiger partial charge < -0.3 is 10.6 Å². The Morgan fingerprint density at radius 2 is 2.00 bits per heavy atom. The number of hydrogen-bond acceptors (Lipinski definition) is 3. The summed E-state index contributed by atoms with van der Waals surface area (Å²) >= 11 is 5.96. The van der Waals surface area contributed by atoms with Gasteiger partial charge >= 0.3 is 0 Å². The maximum absolute atomic E-state index is 5.96. The van der Waals surface area contributed by atoms with E-state index in [1.54, 1.807) is 6.07 Å². The Hall–Kier alpha value is -1.74. The Bertz CT molecular complexity index is 551. The number of nitrogen functional groups attached to an aromatic ring is 1. The van der Waals surface area contributed by atoms with Gasteiger partial charge in [-0.1, -0.05) is 41.9 Å². The van der Waals surface area contributed by atoms with Crippen molar-refractivity contribution in [3.63, 3.8) is 0 Å². The molecule has 4 heteroatoms. The Kier molecular flexibility index (Phi) is 3.30. The van der Waals surface area contributed by atoms with Crippen molar-refractivity contribution < 1.29 is 0 Å². The maximum Gasteiger partial charge on any atom is 0.133 e. The zero-order valence-electron chi connectivity index (χ0n) is 10.6. The molecule has 0 spiro atoms. The number of benzene rings is 1. The standard InChI is InChI=1S/C15H16ClN3/c16-14-8-13(17)9-15(18-14)19-7-6-12(10-19)11-4-2-1-3-5-11/h1-5,8-9,12H,6-7,10H2,(H2,17,18). The van der Waals surface area contributed by atoms with Crippen LogP contribution < -0.4 is 10.6 Å². The molecule has 2 N–H and O–H groups in total. The summed E-state index contributed by atoms with van der Waals surface area (Å²) in [6.07, 6.45) is 1.14. The highest BCUT2D eigenvalue weighted by Crippen LogP contribution is 2.31. The summed E-state index contributed by atoms with van der Waals surface area (Å²) in [5.41, 5.74) is 7.88. The molecule has 2 aromatic rings. The van der Waals surface area contributed by atoms with E-state index in [0.29, 0.717) is 16.8 Å². The Balaban J connectivity index is 1.79. The van der Waals surface area contributed by atoms with Crippen LogP contribution in [0.2, 0.25) is 5.15 Å². The lowest BCUT2D eigenvalue weighted by Crippen LogP contribution is -2.20. The van der Waals surface area contributed by atoms with Gasteiger partial charge in [0, 0.05) is 30.8 Å². The van der Waals surface area contributed by atoms with Crippen molar-refractivity contribution in [1.82, 2.24) is 4.98 Å². The number of pyridine rings is 1. The topological polar surface area (TPSA) is 42.1 Å². The van der Waals surface area contributed by atoms with E-state index in [0.717, 1.165) is 25.3 Å². The molecule has 0 bridgehead atoms. The molecular formula is C15H16ClN3. The molecule has 3 rings (SSSR count). The van der Waals surface area contributed by atoms with E-state index in [9.17, 15) is 0 Å². The van der Waals surface area contributed by atoms with Crippen molar-refractivity contribution in [2.24, 2.45) is 0 Å². The van der Waals surface area contributed by atoms with E-state index in [-0.39, 0.29) is 0 Å². The summed E-state index contributed by atoms with van der Waals surface area (Å²) in [6, 6.07) is 14.2. The van der Waals surface area contributed by atoms with E-state index in [2.05, 4.69) is 40.2 Å². The first-order valence-corrected chi connectivity index (χ1v) is 6.83. The molecule has 1 aromatic heterocycles. The predicted octanol–water partition coefficient (Wildman–Crippen LogP) is 3.31. The molecule has 1 saturated heterocycles. The molecule has 0 radical (unpaired) electrons. The first kappa shape index (κ1) is 12.3. The predicted molar refractivity (Wildman–Crippen MR) is 79.7 cm³/mol. The average molecular weight is 274 g/mol. The van der Waals surface area contributed by atoms with Crippen molar-refractivity contribution in [3.8, 4) is 0 Å². The van der Waals surface area contributed by atoms with E-state index in [4.69, 9.17) is 17.3 Å². The fraction of sp³-hybridized carbons (Fsp3) is 0.267. The van der Waals surface area contributed by atoms with Crippen LogP contribution in [-0.2, 0) is 0 Å². The van der Waals surface area contributed by atoms with Crippen molar-refractivity contribution in [3.05, 3.63) is 53.2 Å². The average Bonchev–Trinajstić information content (AvgIpc) is 2.88. The number of anilines is 2. The van der Waals surface area contributed by atoms with Gasteiger partial charge in [-0.05, 0) is 18.1 Å². The molecule has 0 aliphatic carbocycles. The van der Waals surface area contributed by atoms with Gasteiger partial charge in [0.2, 0.25) is 0 Å². The van der Waals surface area contributed by atoms with E-state index >= 15 is 0 Å². The lowest BCUT2D eigenvalue weighted by atomic mass is 9.99. The van der Waals surface area contributed by atoms with Crippen LogP contribution in [0.15, 0.2) is 42.5 Å². The van der Waals surface area contributed by atoms with Gasteiger partial charge in [-0.3, -0.25) is 0 Å². The van der Waals surface area contributed by atoms with E-state index in [1.165, 1.54) is 5.56 Å². The van der Waals surface area contributed by atoms with Crippen LogP contribution in [0, 0.1) is 0 Å². The highest BCUT2D eigenvalue weighted by molar-refractivity contribution is 6.29. The maximum atomic E-state index is 5.96. The quantitative estimate of drug-likeness (QED) is 0.854. The summed E-state index contributed by atoms with van der Waals surface area (Å²) in [5, 5.41) is 0.457. The second kappa shape index (κ2) is 5.10. The Labute approximate surface area is 118 Å². The normalized spacial score (nSPS) is 18.8. The Morgan fingerprint density at radius 1 is 1.21 bits per heavy atom. The largest absolute Gasteiger partial charge is 0.399 e. The second-order valence-electron chi connectivity index (χ2n) is 4.92. The zero-order valence-corrected chi connectivity index (χ0v) is 11.3. The molecule has 1 aliphatic rings. The minimum atomic E-state index is 0.457. The summed E-state index contributed by atoms with van der Waals surface area (Å²) < 4.78 is 0. The van der Waals surface area contributed by atoms with Gasteiger partial charge in [0.25, 0.3) is 0 Å². The number of aromatic nitrogens is 1. The van der Waals surface area contributed by atoms with Gasteiger partial charge in [-0.15, -0.1) is 0 Å². The van der Waals surface area contributed by atoms with Crippen LogP contribution in [-0.4, -0.2) is 18.1 Å². The molecule has 2 heterocycles. The third kappa shape index (κ3) is 2.66. The third-order valence-corrected chi connectivity index (χ3v) is 3.78. The van der Waals surface area contributed by atoms with Gasteiger partial charge in [0.05, 0.1) is 0 Å². The fourth-order valence-electron chi connectivity index (χ4n) is 2.63. The van der Waals surface area contributed by atoms with Crippen LogP contribution in [0.5, 0.6) is 0 Å². The SMILES string of the molecule is Nc1cc(Cl)nc(N2CCC(c3ccccc3)C2)c1. The van der Waals surface area contributed by atoms with Crippen LogP contribution in [0.25, 0.3) is 0 Å². The summed E-state index contributed by atoms with van der Waals surface area (Å²) in [4.78, 5) is 6.61. The van der Waals surface area contributed by atoms with Crippen molar-refractivity contribution in [2.45, 2.75) is 12.3 Å². The lowest BCUT2D eigenvalue weighted by Gasteiger charge is -2.18. The second-order valence-corrected chi connectivity index (χ2v) is 5.31. The van der Waals surface area contributed by atoms with Crippen LogP contribution >= 0.6 is 11.6 Å². The number of halogens is 1. The van der Waals surface area contributed by atoms with Gasteiger partial charge in [0.1, 0.15) is 11.0 Å². The third-order valence-electron chi connectivity index (χ3n) is 3.59. The number of rotatable bonds is 2. The molecule has 1 atom stereocenters. The first-order chi connectivity index (χ1) is 9.22. The van der Waals surface area contributed by atoms with Gasteiger partial charge in [-0.2, -0.15) is 0 Å². The fourth-order valence-corrected chi connectivity index (χ4v) is 2.84. The zero-order chi connectivity index (χ0) is 13.2. The number of hydrogen-bond donors (Lipinski definition) is 1. The molecular weight excluding hydrogens is 258 g/mol. The monoisotopic (exact) mass is 273 g/mol. The smallest absolute Gasteiger partial charge is 0.133 e. The van der Waals surface area contributed by atoms with Crippen molar-refractivity contribution >= 4 is 23.1 Å². The highest BCUT2D eigenvalue weighted by atomic mass is 35.5. The first-order valence-electron chi connectivity index (χ1n) is 6.45. The lowest BCUT2D eigenvalue weighted by molar-refractivity contribution is 0.774. The van der Waals surface area contributed by atoms with Crippen LogP contribution in [0.1, 0.15) is 17.9 Å². The molecule has 1 fully saturated rings. The van der Waals surface area contributed by atoms with Gasteiger partial charge in [0.15, 0.2) is 0 Å². The minimum absolute atomic E-state index is 0.457. The summed E-state index contributed by atoms with van der Waals surface area (Å²) in [7, 11) is 0. The van der Waals surface area contributed by atoms with Crippen molar-refractivity contribution in [2.75, 3.05) is 23.7 Å². The Morgan fingerprint density at radius 3 is 2.74 bits per heavy atom. The molecule has 1 aliphatic heterocycles. The molecule has 3 nitrogen and oxygen atoms in total. The van der Waals surface area contributed by atoms with Crippen molar-refractivity contribution in [1.29, 1.82) is 0 Å². The van der Waals surface area contributed by atoms with E-state index < -0.39 is 0 Å². The number of nitrogens with two attached hydrogens (primary N) is 1. The van der Waals surface area contributed by atoms with Crippen LogP contribution in [0.3, 0.4) is 0 Å². The molecule has 0 saturated carbocycles. The summed E-state index contributed by atoms with van der Waals surface area (Å²) in [6.45, 7) is 1.96. The molecule has 19 heavy (non-hydrogen) atoms. The number of nitrogens with zero attached hydrogens (tertiary/aromatic N) is 2. The summed E-state index contributed by atoms with van der Waals surface area (Å²) in [5.74, 6) is 1.44.